The number of nitrogens with one attached hydrogen (secondary N) is 2. The molecule has 4 atom stereocenters. The highest BCUT2D eigenvalue weighted by Gasteiger charge is 2.41. The summed E-state index contributed by atoms with van der Waals surface area (Å²) in [7, 11) is 1.85. The van der Waals surface area contributed by atoms with Crippen LogP contribution in [0.1, 0.15) is 55.9 Å². The zero-order chi connectivity index (χ0) is 22.1. The molecule has 168 valence electrons. The third-order valence-corrected chi connectivity index (χ3v) is 6.79. The topological polar surface area (TPSA) is 86.6 Å². The van der Waals surface area contributed by atoms with E-state index in [9.17, 15) is 14.7 Å². The summed E-state index contributed by atoms with van der Waals surface area (Å²) in [5.74, 6) is -0.279. The second-order valence-electron chi connectivity index (χ2n) is 9.32. The molecular formula is C24H34N4O3. The first-order valence-corrected chi connectivity index (χ1v) is 11.4. The molecule has 7 nitrogen and oxygen atoms in total. The number of fused-ring (bicyclic) bond motifs is 3. The Kier molecular flexibility index (Phi) is 6.46. The summed E-state index contributed by atoms with van der Waals surface area (Å²) in [6.45, 7) is 5.18. The van der Waals surface area contributed by atoms with Crippen LogP contribution in [-0.4, -0.2) is 64.8 Å². The summed E-state index contributed by atoms with van der Waals surface area (Å²) in [5, 5.41) is 17.3. The van der Waals surface area contributed by atoms with Crippen molar-refractivity contribution in [3.05, 3.63) is 46.2 Å². The van der Waals surface area contributed by atoms with Gasteiger partial charge in [-0.3, -0.25) is 14.5 Å². The van der Waals surface area contributed by atoms with Crippen molar-refractivity contribution < 1.29 is 9.90 Å². The zero-order valence-corrected chi connectivity index (χ0v) is 18.7. The number of pyridine rings is 1. The minimum absolute atomic E-state index is 0.0340. The van der Waals surface area contributed by atoms with Gasteiger partial charge in [0.25, 0.3) is 11.5 Å². The molecule has 0 radical (unpaired) electrons. The maximum absolute atomic E-state index is 13.1. The number of likely N-dealkylation sites (N-methyl/N-ethyl adjacent to an activating group) is 1. The number of amides is 1. The van der Waals surface area contributed by atoms with Crippen molar-refractivity contribution in [2.24, 2.45) is 0 Å². The molecule has 1 aromatic carbocycles. The largest absolute Gasteiger partial charge is 0.390 e. The van der Waals surface area contributed by atoms with E-state index in [2.05, 4.69) is 15.5 Å². The zero-order valence-electron chi connectivity index (χ0n) is 18.7. The Morgan fingerprint density at radius 2 is 1.87 bits per heavy atom. The fourth-order valence-corrected chi connectivity index (χ4v) is 5.46. The molecule has 2 saturated heterocycles. The summed E-state index contributed by atoms with van der Waals surface area (Å²) in [6.07, 6.45) is 3.53. The maximum atomic E-state index is 13.1. The molecular weight excluding hydrogens is 392 g/mol. The van der Waals surface area contributed by atoms with Crippen molar-refractivity contribution in [2.75, 3.05) is 20.1 Å². The van der Waals surface area contributed by atoms with Crippen molar-refractivity contribution in [3.8, 4) is 0 Å². The average molecular weight is 427 g/mol. The first-order valence-electron chi connectivity index (χ1n) is 11.4. The maximum Gasteiger partial charge on any atom is 0.264 e. The Labute approximate surface area is 183 Å². The van der Waals surface area contributed by atoms with Gasteiger partial charge in [0.05, 0.1) is 11.6 Å². The Balaban J connectivity index is 1.51. The van der Waals surface area contributed by atoms with Crippen LogP contribution in [0, 0.1) is 0 Å². The van der Waals surface area contributed by atoms with E-state index >= 15 is 0 Å². The smallest absolute Gasteiger partial charge is 0.264 e. The SMILES string of the molecule is CNCC(O)CN1[C@@H]2CC[C@H]1CC(NC(=O)c1cc3ccccc3n(C(C)C)c1=O)C2. The number of nitrogens with zero attached hydrogens (tertiary/aromatic N) is 2. The molecule has 1 aromatic heterocycles. The molecule has 0 aliphatic carbocycles. The Bertz CT molecular complexity index is 988. The molecule has 7 heteroatoms. The lowest BCUT2D eigenvalue weighted by Crippen LogP contribution is -2.53. The first-order chi connectivity index (χ1) is 14.9. The quantitative estimate of drug-likeness (QED) is 0.630. The Hall–Kier alpha value is -2.22. The van der Waals surface area contributed by atoms with Crippen LogP contribution in [0.25, 0.3) is 10.9 Å². The monoisotopic (exact) mass is 426 g/mol. The van der Waals surface area contributed by atoms with Gasteiger partial charge in [-0.05, 0) is 64.1 Å². The van der Waals surface area contributed by atoms with Crippen molar-refractivity contribution in [2.45, 2.75) is 69.8 Å². The van der Waals surface area contributed by atoms with E-state index in [4.69, 9.17) is 0 Å². The molecule has 3 N–H and O–H groups in total. The van der Waals surface area contributed by atoms with Crippen molar-refractivity contribution in [1.82, 2.24) is 20.1 Å². The molecule has 2 fully saturated rings. The standard InChI is InChI=1S/C24H34N4O3/c1-15(2)28-22-7-5-4-6-16(22)10-21(24(28)31)23(30)26-17-11-18-8-9-19(12-17)27(18)14-20(29)13-25-3/h4-7,10,15,17-20,25,29H,8-9,11-14H2,1-3H3,(H,26,30)/t17?,18-,19+,20?. The van der Waals surface area contributed by atoms with Gasteiger partial charge in [0, 0.05) is 37.3 Å². The number of aliphatic hydroxyl groups excluding tert-OH is 1. The molecule has 4 rings (SSSR count). The van der Waals surface area contributed by atoms with Crippen LogP contribution in [0.2, 0.25) is 0 Å². The molecule has 2 aromatic rings. The van der Waals surface area contributed by atoms with Gasteiger partial charge in [0.15, 0.2) is 0 Å². The number of hydrogen-bond donors (Lipinski definition) is 3. The fourth-order valence-electron chi connectivity index (χ4n) is 5.46. The van der Waals surface area contributed by atoms with Crippen LogP contribution < -0.4 is 16.2 Å². The van der Waals surface area contributed by atoms with Crippen LogP contribution in [0.4, 0.5) is 0 Å². The number of para-hydroxylation sites is 1. The van der Waals surface area contributed by atoms with E-state index in [1.165, 1.54) is 0 Å². The molecule has 2 bridgehead atoms. The third-order valence-electron chi connectivity index (χ3n) is 6.79. The Morgan fingerprint density at radius 1 is 1.19 bits per heavy atom. The second-order valence-corrected chi connectivity index (χ2v) is 9.32. The molecule has 1 amide bonds. The predicted octanol–water partition coefficient (Wildman–Crippen LogP) is 1.89. The van der Waals surface area contributed by atoms with E-state index < -0.39 is 0 Å². The van der Waals surface area contributed by atoms with Crippen molar-refractivity contribution >= 4 is 16.8 Å². The molecule has 2 unspecified atom stereocenters. The van der Waals surface area contributed by atoms with E-state index in [0.29, 0.717) is 25.2 Å². The predicted molar refractivity (Wildman–Crippen MR) is 123 cm³/mol. The number of hydrogen-bond acceptors (Lipinski definition) is 5. The lowest BCUT2D eigenvalue weighted by Gasteiger charge is -2.40. The molecule has 0 spiro atoms. The first kappa shape index (κ1) is 22.0. The van der Waals surface area contributed by atoms with Crippen molar-refractivity contribution in [1.29, 1.82) is 0 Å². The third kappa shape index (κ3) is 4.40. The van der Waals surface area contributed by atoms with Crippen LogP contribution >= 0.6 is 0 Å². The summed E-state index contributed by atoms with van der Waals surface area (Å²) in [4.78, 5) is 28.7. The van der Waals surface area contributed by atoms with Crippen LogP contribution in [0.3, 0.4) is 0 Å². The van der Waals surface area contributed by atoms with E-state index in [0.717, 1.165) is 36.6 Å². The summed E-state index contributed by atoms with van der Waals surface area (Å²) < 4.78 is 1.71. The summed E-state index contributed by atoms with van der Waals surface area (Å²) >= 11 is 0. The van der Waals surface area contributed by atoms with Gasteiger partial charge in [-0.1, -0.05) is 18.2 Å². The lowest BCUT2D eigenvalue weighted by atomic mass is 9.96. The number of benzene rings is 1. The minimum atomic E-state index is -0.383. The number of carbonyl (C=O) groups is 1. The van der Waals surface area contributed by atoms with Gasteiger partial charge >= 0.3 is 0 Å². The summed E-state index contributed by atoms with van der Waals surface area (Å²) in [6, 6.07) is 10.2. The summed E-state index contributed by atoms with van der Waals surface area (Å²) in [5.41, 5.74) is 0.832. The molecule has 2 aliphatic heterocycles. The molecule has 31 heavy (non-hydrogen) atoms. The van der Waals surface area contributed by atoms with E-state index in [1.54, 1.807) is 10.6 Å². The number of rotatable bonds is 7. The number of carbonyl (C=O) groups excluding carboxylic acids is 1. The van der Waals surface area contributed by atoms with Gasteiger partial charge in [-0.25, -0.2) is 0 Å². The lowest BCUT2D eigenvalue weighted by molar-refractivity contribution is 0.0511. The van der Waals surface area contributed by atoms with Crippen LogP contribution in [-0.2, 0) is 0 Å². The second kappa shape index (κ2) is 9.10. The van der Waals surface area contributed by atoms with E-state index in [1.807, 2.05) is 45.2 Å². The Morgan fingerprint density at radius 3 is 2.52 bits per heavy atom. The normalized spacial score (nSPS) is 24.6. The fraction of sp³-hybridized carbons (Fsp3) is 0.583. The van der Waals surface area contributed by atoms with Crippen LogP contribution in [0.15, 0.2) is 35.1 Å². The van der Waals surface area contributed by atoms with Gasteiger partial charge in [0.2, 0.25) is 0 Å². The van der Waals surface area contributed by atoms with Gasteiger partial charge < -0.3 is 20.3 Å². The average Bonchev–Trinajstić information content (AvgIpc) is 2.95. The van der Waals surface area contributed by atoms with Crippen molar-refractivity contribution in [3.63, 3.8) is 0 Å². The number of aliphatic hydroxyl groups is 1. The van der Waals surface area contributed by atoms with Crippen LogP contribution in [0.5, 0.6) is 0 Å². The number of piperidine rings is 1. The molecule has 2 aliphatic rings. The molecule has 3 heterocycles. The van der Waals surface area contributed by atoms with Gasteiger partial charge in [-0.2, -0.15) is 0 Å². The highest BCUT2D eigenvalue weighted by Crippen LogP contribution is 2.35. The number of aromatic nitrogens is 1. The minimum Gasteiger partial charge on any atom is -0.390 e. The highest BCUT2D eigenvalue weighted by molar-refractivity contribution is 5.97. The van der Waals surface area contributed by atoms with Gasteiger partial charge in [0.1, 0.15) is 5.56 Å². The van der Waals surface area contributed by atoms with E-state index in [-0.39, 0.29) is 35.2 Å². The molecule has 0 saturated carbocycles. The van der Waals surface area contributed by atoms with Gasteiger partial charge in [-0.15, -0.1) is 0 Å². The highest BCUT2D eigenvalue weighted by atomic mass is 16.3.